The molecule has 5 heteroatoms. The van der Waals surface area contributed by atoms with Gasteiger partial charge in [0.2, 0.25) is 0 Å². The largest absolute Gasteiger partial charge is 0.497 e. The van der Waals surface area contributed by atoms with Crippen molar-refractivity contribution in [3.63, 3.8) is 0 Å². The predicted molar refractivity (Wildman–Crippen MR) is 114 cm³/mol. The summed E-state index contributed by atoms with van der Waals surface area (Å²) in [6.45, 7) is 5.93. The summed E-state index contributed by atoms with van der Waals surface area (Å²) >= 11 is 0. The molecule has 0 fully saturated rings. The van der Waals surface area contributed by atoms with E-state index in [0.29, 0.717) is 12.5 Å². The summed E-state index contributed by atoms with van der Waals surface area (Å²) < 4.78 is 10.6. The van der Waals surface area contributed by atoms with Crippen molar-refractivity contribution in [2.24, 2.45) is 4.99 Å². The number of hydrogen-bond donors (Lipinski definition) is 2. The lowest BCUT2D eigenvalue weighted by molar-refractivity contribution is 0.145. The highest BCUT2D eigenvalue weighted by Gasteiger charge is 2.25. The molecule has 2 N–H and O–H groups in total. The Labute approximate surface area is 168 Å². The molecule has 0 amide bonds. The summed E-state index contributed by atoms with van der Waals surface area (Å²) in [6.07, 6.45) is 2.10. The van der Waals surface area contributed by atoms with Crippen molar-refractivity contribution in [1.82, 2.24) is 10.6 Å². The fourth-order valence-corrected chi connectivity index (χ4v) is 3.37. The average Bonchev–Trinajstić information content (AvgIpc) is 2.72. The second-order valence-electron chi connectivity index (χ2n) is 6.97. The van der Waals surface area contributed by atoms with E-state index in [4.69, 9.17) is 14.5 Å². The summed E-state index contributed by atoms with van der Waals surface area (Å²) in [6, 6.07) is 16.7. The molecule has 3 rings (SSSR count). The molecule has 0 spiro atoms. The fraction of sp³-hybridized carbons (Fsp3) is 0.435. The van der Waals surface area contributed by atoms with Crippen molar-refractivity contribution >= 4 is 5.96 Å². The number of nitrogens with one attached hydrogen (secondary N) is 2. The zero-order valence-corrected chi connectivity index (χ0v) is 16.9. The number of guanidine groups is 1. The summed E-state index contributed by atoms with van der Waals surface area (Å²) in [5.41, 5.74) is 4.08. The minimum Gasteiger partial charge on any atom is -0.497 e. The highest BCUT2D eigenvalue weighted by Crippen LogP contribution is 2.33. The Kier molecular flexibility index (Phi) is 7.73. The molecule has 1 atom stereocenters. The summed E-state index contributed by atoms with van der Waals surface area (Å²) in [5, 5.41) is 6.95. The average molecular weight is 382 g/mol. The number of rotatable bonds is 10. The van der Waals surface area contributed by atoms with Crippen molar-refractivity contribution < 1.29 is 9.47 Å². The van der Waals surface area contributed by atoms with Gasteiger partial charge in [-0.1, -0.05) is 36.4 Å². The van der Waals surface area contributed by atoms with Crippen LogP contribution >= 0.6 is 0 Å². The quantitative estimate of drug-likeness (QED) is 0.376. The van der Waals surface area contributed by atoms with Gasteiger partial charge in [-0.2, -0.15) is 0 Å². The second-order valence-corrected chi connectivity index (χ2v) is 6.97. The van der Waals surface area contributed by atoms with E-state index in [1.165, 1.54) is 11.1 Å². The van der Waals surface area contributed by atoms with E-state index in [1.54, 1.807) is 7.11 Å². The maximum Gasteiger partial charge on any atom is 0.191 e. The number of hydrogen-bond acceptors (Lipinski definition) is 3. The van der Waals surface area contributed by atoms with Crippen LogP contribution in [0.25, 0.3) is 0 Å². The molecule has 0 aliphatic heterocycles. The standard InChI is InChI=1S/C23H31N3O2/c1-3-28-14-6-13-24-23(25-16-18-9-11-21(27-2)12-10-18)26-17-20-15-19-7-4-5-8-22(19)20/h4-5,7-12,20H,3,6,13-17H2,1-2H3,(H2,24,25,26). The van der Waals surface area contributed by atoms with Gasteiger partial charge in [0.25, 0.3) is 0 Å². The van der Waals surface area contributed by atoms with E-state index in [2.05, 4.69) is 47.0 Å². The Hall–Kier alpha value is -2.53. The summed E-state index contributed by atoms with van der Waals surface area (Å²) in [7, 11) is 1.68. The first-order valence-corrected chi connectivity index (χ1v) is 10.1. The molecule has 0 saturated heterocycles. The molecular weight excluding hydrogens is 350 g/mol. The van der Waals surface area contributed by atoms with Gasteiger partial charge in [0.15, 0.2) is 5.96 Å². The third-order valence-corrected chi connectivity index (χ3v) is 5.02. The highest BCUT2D eigenvalue weighted by atomic mass is 16.5. The van der Waals surface area contributed by atoms with Crippen LogP contribution in [0.5, 0.6) is 5.75 Å². The lowest BCUT2D eigenvalue weighted by atomic mass is 9.78. The van der Waals surface area contributed by atoms with Crippen LogP contribution < -0.4 is 15.4 Å². The van der Waals surface area contributed by atoms with Gasteiger partial charge in [-0.05, 0) is 48.6 Å². The van der Waals surface area contributed by atoms with Crippen molar-refractivity contribution in [3.05, 3.63) is 65.2 Å². The van der Waals surface area contributed by atoms with Gasteiger partial charge in [0.05, 0.1) is 13.7 Å². The van der Waals surface area contributed by atoms with Crippen LogP contribution in [0.15, 0.2) is 53.5 Å². The van der Waals surface area contributed by atoms with Crippen LogP contribution in [0, 0.1) is 0 Å². The minimum absolute atomic E-state index is 0.563. The van der Waals surface area contributed by atoms with Crippen LogP contribution in [0.4, 0.5) is 0 Å². The third kappa shape index (κ3) is 5.73. The molecular formula is C23H31N3O2. The molecule has 1 aliphatic rings. The minimum atomic E-state index is 0.563. The molecule has 1 aliphatic carbocycles. The number of aliphatic imine (C=N–C) groups is 1. The molecule has 28 heavy (non-hydrogen) atoms. The Bertz CT molecular complexity index is 759. The number of nitrogens with zero attached hydrogens (tertiary/aromatic N) is 1. The van der Waals surface area contributed by atoms with Gasteiger partial charge in [-0.15, -0.1) is 0 Å². The zero-order valence-electron chi connectivity index (χ0n) is 16.9. The first-order chi connectivity index (χ1) is 13.8. The van der Waals surface area contributed by atoms with Crippen molar-refractivity contribution in [1.29, 1.82) is 0 Å². The second kappa shape index (κ2) is 10.7. The highest BCUT2D eigenvalue weighted by molar-refractivity contribution is 5.79. The molecule has 0 heterocycles. The van der Waals surface area contributed by atoms with Crippen molar-refractivity contribution in [3.8, 4) is 5.75 Å². The van der Waals surface area contributed by atoms with Gasteiger partial charge in [-0.3, -0.25) is 0 Å². The predicted octanol–water partition coefficient (Wildman–Crippen LogP) is 3.50. The number of benzene rings is 2. The Morgan fingerprint density at radius 3 is 2.68 bits per heavy atom. The molecule has 0 aromatic heterocycles. The van der Waals surface area contributed by atoms with Crippen LogP contribution in [0.1, 0.15) is 36.0 Å². The number of methoxy groups -OCH3 is 1. The Morgan fingerprint density at radius 1 is 1.11 bits per heavy atom. The van der Waals surface area contributed by atoms with Crippen LogP contribution in [0.3, 0.4) is 0 Å². The topological polar surface area (TPSA) is 54.9 Å². The van der Waals surface area contributed by atoms with Crippen LogP contribution in [0.2, 0.25) is 0 Å². The van der Waals surface area contributed by atoms with Gasteiger partial charge in [0, 0.05) is 32.2 Å². The van der Waals surface area contributed by atoms with Gasteiger partial charge >= 0.3 is 0 Å². The Morgan fingerprint density at radius 2 is 1.93 bits per heavy atom. The first-order valence-electron chi connectivity index (χ1n) is 10.1. The van der Waals surface area contributed by atoms with E-state index in [0.717, 1.165) is 56.4 Å². The Balaban J connectivity index is 1.54. The third-order valence-electron chi connectivity index (χ3n) is 5.02. The lowest BCUT2D eigenvalue weighted by Gasteiger charge is -2.30. The number of ether oxygens (including phenoxy) is 2. The van der Waals surface area contributed by atoms with Gasteiger partial charge < -0.3 is 20.1 Å². The molecule has 2 aromatic carbocycles. The normalized spacial score (nSPS) is 15.5. The van der Waals surface area contributed by atoms with E-state index in [1.807, 2.05) is 19.1 Å². The van der Waals surface area contributed by atoms with Crippen molar-refractivity contribution in [2.45, 2.75) is 32.2 Å². The van der Waals surface area contributed by atoms with E-state index in [9.17, 15) is 0 Å². The maximum atomic E-state index is 5.42. The number of fused-ring (bicyclic) bond motifs is 1. The summed E-state index contributed by atoms with van der Waals surface area (Å²) in [4.78, 5) is 4.77. The van der Waals surface area contributed by atoms with Crippen LogP contribution in [-0.4, -0.2) is 39.4 Å². The van der Waals surface area contributed by atoms with Gasteiger partial charge in [-0.25, -0.2) is 4.99 Å². The van der Waals surface area contributed by atoms with E-state index in [-0.39, 0.29) is 0 Å². The smallest absolute Gasteiger partial charge is 0.191 e. The fourth-order valence-electron chi connectivity index (χ4n) is 3.37. The van der Waals surface area contributed by atoms with Crippen molar-refractivity contribution in [2.75, 3.05) is 33.4 Å². The SMILES string of the molecule is CCOCCCNC(=NCc1ccc(OC)cc1)NCC1Cc2ccccc21. The van der Waals surface area contributed by atoms with E-state index < -0.39 is 0 Å². The molecule has 150 valence electrons. The maximum absolute atomic E-state index is 5.42. The van der Waals surface area contributed by atoms with Crippen LogP contribution in [-0.2, 0) is 17.7 Å². The summed E-state index contributed by atoms with van der Waals surface area (Å²) in [5.74, 6) is 2.29. The van der Waals surface area contributed by atoms with E-state index >= 15 is 0 Å². The first kappa shape index (κ1) is 20.2. The molecule has 2 aromatic rings. The molecule has 5 nitrogen and oxygen atoms in total. The lowest BCUT2D eigenvalue weighted by Crippen LogP contribution is -2.41. The monoisotopic (exact) mass is 381 g/mol. The molecule has 0 radical (unpaired) electrons. The zero-order chi connectivity index (χ0) is 19.6. The molecule has 1 unspecified atom stereocenters. The van der Waals surface area contributed by atoms with Gasteiger partial charge in [0.1, 0.15) is 5.75 Å². The molecule has 0 bridgehead atoms. The molecule has 0 saturated carbocycles.